The average Bonchev–Trinajstić information content (AvgIpc) is 3.13. The number of aliphatic carboxylic acids is 1. The van der Waals surface area contributed by atoms with E-state index >= 15 is 0 Å². The van der Waals surface area contributed by atoms with E-state index in [0.29, 0.717) is 17.2 Å². The van der Waals surface area contributed by atoms with E-state index in [1.807, 2.05) is 37.4 Å². The van der Waals surface area contributed by atoms with E-state index < -0.39 is 5.97 Å². The molecule has 2 heterocycles. The number of aromatic nitrogens is 2. The van der Waals surface area contributed by atoms with Gasteiger partial charge in [0.05, 0.1) is 11.3 Å². The molecule has 1 aromatic carbocycles. The van der Waals surface area contributed by atoms with Crippen molar-refractivity contribution in [1.29, 1.82) is 0 Å². The van der Waals surface area contributed by atoms with Gasteiger partial charge in [-0.1, -0.05) is 19.1 Å². The highest BCUT2D eigenvalue weighted by molar-refractivity contribution is 7.13. The van der Waals surface area contributed by atoms with Gasteiger partial charge in [0, 0.05) is 27.9 Å². The number of nitrogens with one attached hydrogen (secondary N) is 1. The average molecular weight is 395 g/mol. The quantitative estimate of drug-likeness (QED) is 0.566. The summed E-state index contributed by atoms with van der Waals surface area (Å²) in [6.07, 6.45) is 0.767. The van der Waals surface area contributed by atoms with Crippen LogP contribution in [0.15, 0.2) is 35.7 Å². The normalized spacial score (nSPS) is 10.7. The van der Waals surface area contributed by atoms with E-state index in [1.165, 1.54) is 11.3 Å². The maximum absolute atomic E-state index is 11.6. The molecule has 0 atom stereocenters. The minimum absolute atomic E-state index is 0.00584. The molecule has 0 fully saturated rings. The summed E-state index contributed by atoms with van der Waals surface area (Å²) in [4.78, 5) is 32.6. The Bertz CT molecular complexity index is 1030. The smallest absolute Gasteiger partial charge is 0.307 e. The lowest BCUT2D eigenvalue weighted by Crippen LogP contribution is -2.05. The second kappa shape index (κ2) is 8.31. The van der Waals surface area contributed by atoms with Crippen molar-refractivity contribution in [3.8, 4) is 10.7 Å². The number of carboxylic acids is 1. The molecule has 2 aromatic heterocycles. The number of carboxylic acid groups (broad SMARTS) is 1. The lowest BCUT2D eigenvalue weighted by atomic mass is 10.1. The fraction of sp³-hybridized carbons (Fsp3) is 0.238. The van der Waals surface area contributed by atoms with Crippen LogP contribution in [0.2, 0.25) is 0 Å². The molecule has 144 valence electrons. The van der Waals surface area contributed by atoms with E-state index in [9.17, 15) is 9.59 Å². The Hall–Kier alpha value is -3.06. The molecule has 0 aliphatic carbocycles. The van der Waals surface area contributed by atoms with Crippen LogP contribution in [0.25, 0.3) is 10.7 Å². The first kappa shape index (κ1) is 19.7. The third-order valence-electron chi connectivity index (χ3n) is 4.37. The molecule has 0 amide bonds. The second-order valence-corrected chi connectivity index (χ2v) is 7.37. The van der Waals surface area contributed by atoms with Crippen LogP contribution in [0.3, 0.4) is 0 Å². The topological polar surface area (TPSA) is 92.2 Å². The molecule has 0 bridgehead atoms. The second-order valence-electron chi connectivity index (χ2n) is 6.46. The highest BCUT2D eigenvalue weighted by Crippen LogP contribution is 2.29. The molecule has 0 saturated heterocycles. The molecule has 2 N–H and O–H groups in total. The number of nitrogens with zero attached hydrogens (tertiary/aromatic N) is 2. The summed E-state index contributed by atoms with van der Waals surface area (Å²) in [5, 5.41) is 14.0. The summed E-state index contributed by atoms with van der Waals surface area (Å²) >= 11 is 1.45. The molecule has 6 nitrogen and oxygen atoms in total. The van der Waals surface area contributed by atoms with Crippen LogP contribution >= 0.6 is 11.3 Å². The predicted octanol–water partition coefficient (Wildman–Crippen LogP) is 4.65. The molecule has 28 heavy (non-hydrogen) atoms. The van der Waals surface area contributed by atoms with Gasteiger partial charge in [-0.2, -0.15) is 0 Å². The Morgan fingerprint density at radius 1 is 1.18 bits per heavy atom. The third-order valence-corrected chi connectivity index (χ3v) is 5.29. The van der Waals surface area contributed by atoms with Crippen molar-refractivity contribution in [3.63, 3.8) is 0 Å². The Kier molecular flexibility index (Phi) is 5.84. The Balaban J connectivity index is 1.93. The zero-order valence-corrected chi connectivity index (χ0v) is 16.8. The maximum Gasteiger partial charge on any atom is 0.307 e. The summed E-state index contributed by atoms with van der Waals surface area (Å²) in [6, 6.07) is 9.07. The largest absolute Gasteiger partial charge is 0.481 e. The standard InChI is InChI=1S/C21H21N3O3S/c1-4-17-12(2)22-21(18-10-15(11-28-18)13(3)25)24-20(17)23-16-7-5-14(6-8-16)9-19(26)27/h5-8,10-11H,4,9H2,1-3H3,(H,26,27)(H,22,23,24). The number of Topliss-reactive ketones (excluding diaryl/α,β-unsaturated/α-hetero) is 1. The minimum Gasteiger partial charge on any atom is -0.481 e. The monoisotopic (exact) mass is 395 g/mol. The van der Waals surface area contributed by atoms with Gasteiger partial charge >= 0.3 is 5.97 Å². The summed E-state index contributed by atoms with van der Waals surface area (Å²) in [7, 11) is 0. The number of thiophene rings is 1. The Morgan fingerprint density at radius 3 is 2.46 bits per heavy atom. The number of carbonyl (C=O) groups excluding carboxylic acids is 1. The number of aryl methyl sites for hydroxylation is 1. The van der Waals surface area contributed by atoms with Gasteiger partial charge in [0.1, 0.15) is 5.82 Å². The SMILES string of the molecule is CCc1c(C)nc(-c2cc(C(C)=O)cs2)nc1Nc1ccc(CC(=O)O)cc1. The molecule has 3 rings (SSSR count). The van der Waals surface area contributed by atoms with E-state index in [2.05, 4.69) is 10.3 Å². The number of benzene rings is 1. The minimum atomic E-state index is -0.856. The molecule has 0 unspecified atom stereocenters. The zero-order chi connectivity index (χ0) is 20.3. The lowest BCUT2D eigenvalue weighted by Gasteiger charge is -2.14. The van der Waals surface area contributed by atoms with Gasteiger partial charge in [-0.3, -0.25) is 9.59 Å². The molecule has 7 heteroatoms. The van der Waals surface area contributed by atoms with Gasteiger partial charge in [0.15, 0.2) is 11.6 Å². The van der Waals surface area contributed by atoms with Crippen molar-refractivity contribution in [1.82, 2.24) is 9.97 Å². The van der Waals surface area contributed by atoms with Gasteiger partial charge in [0.25, 0.3) is 0 Å². The van der Waals surface area contributed by atoms with Crippen LogP contribution in [0, 0.1) is 6.92 Å². The van der Waals surface area contributed by atoms with Crippen molar-refractivity contribution in [2.75, 3.05) is 5.32 Å². The molecule has 0 aliphatic heterocycles. The molecule has 0 spiro atoms. The molecule has 0 aliphatic rings. The molecule has 3 aromatic rings. The number of hydrogen-bond donors (Lipinski definition) is 2. The van der Waals surface area contributed by atoms with Crippen molar-refractivity contribution in [3.05, 3.63) is 58.1 Å². The van der Waals surface area contributed by atoms with Crippen molar-refractivity contribution in [2.24, 2.45) is 0 Å². The van der Waals surface area contributed by atoms with E-state index in [-0.39, 0.29) is 12.2 Å². The third kappa shape index (κ3) is 4.43. The van der Waals surface area contributed by atoms with E-state index in [4.69, 9.17) is 10.1 Å². The Labute approximate surface area is 167 Å². The van der Waals surface area contributed by atoms with Gasteiger partial charge in [-0.15, -0.1) is 11.3 Å². The van der Waals surface area contributed by atoms with Crippen molar-refractivity contribution >= 4 is 34.6 Å². The summed E-state index contributed by atoms with van der Waals surface area (Å²) in [5.74, 6) is 0.459. The summed E-state index contributed by atoms with van der Waals surface area (Å²) < 4.78 is 0. The van der Waals surface area contributed by atoms with Gasteiger partial charge in [0.2, 0.25) is 0 Å². The number of carbonyl (C=O) groups is 2. The number of hydrogen-bond acceptors (Lipinski definition) is 6. The van der Waals surface area contributed by atoms with Crippen LogP contribution in [0.5, 0.6) is 0 Å². The summed E-state index contributed by atoms with van der Waals surface area (Å²) in [5.41, 5.74) is 4.12. The first-order chi connectivity index (χ1) is 13.4. The molecular formula is C21H21N3O3S. The fourth-order valence-corrected chi connectivity index (χ4v) is 3.77. The van der Waals surface area contributed by atoms with Crippen LogP contribution in [-0.2, 0) is 17.6 Å². The molecule has 0 saturated carbocycles. The van der Waals surface area contributed by atoms with Gasteiger partial charge in [-0.25, -0.2) is 9.97 Å². The van der Waals surface area contributed by atoms with Crippen molar-refractivity contribution in [2.45, 2.75) is 33.6 Å². The van der Waals surface area contributed by atoms with Crippen LogP contribution in [0.1, 0.15) is 41.0 Å². The predicted molar refractivity (Wildman–Crippen MR) is 111 cm³/mol. The fourth-order valence-electron chi connectivity index (χ4n) is 2.89. The molecule has 0 radical (unpaired) electrons. The van der Waals surface area contributed by atoms with Crippen LogP contribution in [0.4, 0.5) is 11.5 Å². The lowest BCUT2D eigenvalue weighted by molar-refractivity contribution is -0.136. The first-order valence-corrected chi connectivity index (χ1v) is 9.80. The summed E-state index contributed by atoms with van der Waals surface area (Å²) in [6.45, 7) is 5.54. The molecular weight excluding hydrogens is 374 g/mol. The zero-order valence-electron chi connectivity index (χ0n) is 15.9. The van der Waals surface area contributed by atoms with E-state index in [0.717, 1.165) is 33.8 Å². The highest BCUT2D eigenvalue weighted by Gasteiger charge is 2.14. The Morgan fingerprint density at radius 2 is 1.89 bits per heavy atom. The number of anilines is 2. The first-order valence-electron chi connectivity index (χ1n) is 8.92. The maximum atomic E-state index is 11.6. The van der Waals surface area contributed by atoms with Gasteiger partial charge < -0.3 is 10.4 Å². The van der Waals surface area contributed by atoms with Gasteiger partial charge in [-0.05, 0) is 44.0 Å². The number of rotatable bonds is 7. The van der Waals surface area contributed by atoms with Crippen molar-refractivity contribution < 1.29 is 14.7 Å². The highest BCUT2D eigenvalue weighted by atomic mass is 32.1. The van der Waals surface area contributed by atoms with Crippen LogP contribution < -0.4 is 5.32 Å². The number of ketones is 1. The van der Waals surface area contributed by atoms with Crippen LogP contribution in [-0.4, -0.2) is 26.8 Å². The van der Waals surface area contributed by atoms with E-state index in [1.54, 1.807) is 19.1 Å².